The molecule has 1 saturated heterocycles. The molecule has 8 nitrogen and oxygen atoms in total. The molecule has 0 bridgehead atoms. The first-order valence-electron chi connectivity index (χ1n) is 9.97. The molecule has 0 spiro atoms. The van der Waals surface area contributed by atoms with Crippen molar-refractivity contribution in [2.24, 2.45) is 11.0 Å². The van der Waals surface area contributed by atoms with Gasteiger partial charge in [0, 0.05) is 43.1 Å². The van der Waals surface area contributed by atoms with Crippen LogP contribution in [0.1, 0.15) is 24.4 Å². The zero-order chi connectivity index (χ0) is 23.9. The molecule has 13 heteroatoms. The molecule has 0 N–H and O–H groups in total. The second-order valence-corrected chi connectivity index (χ2v) is 9.83. The van der Waals surface area contributed by atoms with E-state index in [2.05, 4.69) is 15.1 Å². The van der Waals surface area contributed by atoms with Crippen LogP contribution in [0.25, 0.3) is 0 Å². The van der Waals surface area contributed by atoms with E-state index in [1.807, 2.05) is 0 Å². The van der Waals surface area contributed by atoms with E-state index >= 15 is 4.39 Å². The molecule has 0 aliphatic carbocycles. The van der Waals surface area contributed by atoms with Crippen molar-refractivity contribution in [3.8, 4) is 0 Å². The Hall–Kier alpha value is -3.09. The number of piperidine rings is 1. The maximum Gasteiger partial charge on any atom is 0.249 e. The van der Waals surface area contributed by atoms with Gasteiger partial charge in [-0.3, -0.25) is 4.79 Å². The number of hydrazone groups is 1. The van der Waals surface area contributed by atoms with E-state index in [0.717, 1.165) is 23.7 Å². The standard InChI is InChI=1S/C20H19F4N5O3S/c1-33(31,32)18-8-17(25-10-26-18)28-5-3-12(15(23)9-28)20(30)29-16(2-4-27-29)13-6-11(21)7-14(22)19(13)24/h4,6-8,10,12,15-16H,2-3,5,9H2,1H3/t12-,15+,16+/m0/s1. The molecular formula is C20H19F4N5O3S. The van der Waals surface area contributed by atoms with Gasteiger partial charge in [-0.25, -0.2) is 41.0 Å². The molecule has 1 fully saturated rings. The molecule has 2 aromatic rings. The predicted molar refractivity (Wildman–Crippen MR) is 109 cm³/mol. The van der Waals surface area contributed by atoms with Gasteiger partial charge in [0.25, 0.3) is 0 Å². The largest absolute Gasteiger partial charge is 0.354 e. The Morgan fingerprint density at radius 2 is 1.91 bits per heavy atom. The molecular weight excluding hydrogens is 466 g/mol. The van der Waals surface area contributed by atoms with E-state index in [4.69, 9.17) is 0 Å². The molecule has 0 saturated carbocycles. The molecule has 3 heterocycles. The SMILES string of the molecule is CS(=O)(=O)c1cc(N2CC[C@H](C(=O)N3N=CC[C@@H]3c3cc(F)cc(F)c3F)[C@H](F)C2)ncn1. The third-order valence-electron chi connectivity index (χ3n) is 5.63. The van der Waals surface area contributed by atoms with Crippen LogP contribution in [0, 0.1) is 23.4 Å². The lowest BCUT2D eigenvalue weighted by Gasteiger charge is -2.36. The fraction of sp³-hybridized carbons (Fsp3) is 0.400. The number of rotatable bonds is 4. The number of carbonyl (C=O) groups is 1. The van der Waals surface area contributed by atoms with Crippen LogP contribution in [-0.4, -0.2) is 61.0 Å². The average molecular weight is 485 g/mol. The van der Waals surface area contributed by atoms with E-state index in [1.165, 1.54) is 17.2 Å². The van der Waals surface area contributed by atoms with Crippen LogP contribution in [0.3, 0.4) is 0 Å². The fourth-order valence-electron chi connectivity index (χ4n) is 3.97. The zero-order valence-corrected chi connectivity index (χ0v) is 18.1. The first-order chi connectivity index (χ1) is 15.6. The molecule has 1 aromatic carbocycles. The van der Waals surface area contributed by atoms with Crippen molar-refractivity contribution in [2.75, 3.05) is 24.2 Å². The summed E-state index contributed by atoms with van der Waals surface area (Å²) in [7, 11) is -3.59. The number of nitrogens with zero attached hydrogens (tertiary/aromatic N) is 5. The summed E-state index contributed by atoms with van der Waals surface area (Å²) < 4.78 is 80.1. The van der Waals surface area contributed by atoms with Crippen molar-refractivity contribution in [1.82, 2.24) is 15.0 Å². The normalized spacial score (nSPS) is 23.2. The smallest absolute Gasteiger partial charge is 0.249 e. The topological polar surface area (TPSA) is 95.8 Å². The molecule has 1 aromatic heterocycles. The minimum atomic E-state index is -3.59. The minimum Gasteiger partial charge on any atom is -0.354 e. The number of amides is 1. The van der Waals surface area contributed by atoms with Crippen LogP contribution in [0.2, 0.25) is 0 Å². The summed E-state index contributed by atoms with van der Waals surface area (Å²) in [6.45, 7) is -0.0655. The maximum absolute atomic E-state index is 15.1. The Bertz CT molecular complexity index is 1230. The highest BCUT2D eigenvalue weighted by Gasteiger charge is 2.41. The van der Waals surface area contributed by atoms with Crippen molar-refractivity contribution in [1.29, 1.82) is 0 Å². The first kappa shape index (κ1) is 23.1. The van der Waals surface area contributed by atoms with Crippen LogP contribution in [0.4, 0.5) is 23.4 Å². The average Bonchev–Trinajstić information content (AvgIpc) is 3.25. The molecule has 0 unspecified atom stereocenters. The molecule has 3 atom stereocenters. The van der Waals surface area contributed by atoms with Crippen molar-refractivity contribution < 1.29 is 30.8 Å². The van der Waals surface area contributed by atoms with Gasteiger partial charge in [-0.05, 0) is 12.5 Å². The summed E-state index contributed by atoms with van der Waals surface area (Å²) in [5.41, 5.74) is -0.375. The summed E-state index contributed by atoms with van der Waals surface area (Å²) in [6.07, 6.45) is 1.75. The lowest BCUT2D eigenvalue weighted by Crippen LogP contribution is -2.48. The van der Waals surface area contributed by atoms with Gasteiger partial charge >= 0.3 is 0 Å². The monoisotopic (exact) mass is 485 g/mol. The Morgan fingerprint density at radius 1 is 1.15 bits per heavy atom. The van der Waals surface area contributed by atoms with E-state index < -0.39 is 51.3 Å². The number of hydrogen-bond acceptors (Lipinski definition) is 7. The van der Waals surface area contributed by atoms with Crippen LogP contribution in [-0.2, 0) is 14.6 Å². The van der Waals surface area contributed by atoms with Crippen LogP contribution < -0.4 is 4.90 Å². The maximum atomic E-state index is 15.1. The molecule has 1 amide bonds. The lowest BCUT2D eigenvalue weighted by atomic mass is 9.92. The van der Waals surface area contributed by atoms with Gasteiger partial charge in [0.15, 0.2) is 26.5 Å². The van der Waals surface area contributed by atoms with Gasteiger partial charge in [0.2, 0.25) is 5.91 Å². The highest BCUT2D eigenvalue weighted by Crippen LogP contribution is 2.35. The molecule has 2 aliphatic rings. The number of aromatic nitrogens is 2. The number of alkyl halides is 1. The molecule has 0 radical (unpaired) electrons. The van der Waals surface area contributed by atoms with E-state index in [9.17, 15) is 26.4 Å². The lowest BCUT2D eigenvalue weighted by molar-refractivity contribution is -0.140. The summed E-state index contributed by atoms with van der Waals surface area (Å²) >= 11 is 0. The molecule has 33 heavy (non-hydrogen) atoms. The number of halogens is 4. The Morgan fingerprint density at radius 3 is 2.61 bits per heavy atom. The van der Waals surface area contributed by atoms with E-state index in [1.54, 1.807) is 0 Å². The second kappa shape index (κ2) is 8.69. The first-order valence-corrected chi connectivity index (χ1v) is 11.9. The van der Waals surface area contributed by atoms with Gasteiger partial charge in [-0.2, -0.15) is 5.10 Å². The fourth-order valence-corrected chi connectivity index (χ4v) is 4.53. The van der Waals surface area contributed by atoms with Gasteiger partial charge in [0.1, 0.15) is 24.1 Å². The summed E-state index contributed by atoms with van der Waals surface area (Å²) in [6, 6.07) is 1.33. The minimum absolute atomic E-state index is 0.0244. The Labute approximate surface area is 186 Å². The number of sulfone groups is 1. The second-order valence-electron chi connectivity index (χ2n) is 7.87. The quantitative estimate of drug-likeness (QED) is 0.375. The van der Waals surface area contributed by atoms with Crippen molar-refractivity contribution in [2.45, 2.75) is 30.1 Å². The highest BCUT2D eigenvalue weighted by atomic mass is 32.2. The Balaban J connectivity index is 1.51. The van der Waals surface area contributed by atoms with Gasteiger partial charge in [0.05, 0.1) is 18.5 Å². The highest BCUT2D eigenvalue weighted by molar-refractivity contribution is 7.90. The van der Waals surface area contributed by atoms with Crippen LogP contribution in [0.15, 0.2) is 34.7 Å². The van der Waals surface area contributed by atoms with Crippen LogP contribution >= 0.6 is 0 Å². The molecule has 2 aliphatic heterocycles. The third kappa shape index (κ3) is 4.54. The van der Waals surface area contributed by atoms with Crippen molar-refractivity contribution in [3.63, 3.8) is 0 Å². The molecule has 4 rings (SSSR count). The number of benzene rings is 1. The third-order valence-corrected chi connectivity index (χ3v) is 6.61. The molecule has 176 valence electrons. The zero-order valence-electron chi connectivity index (χ0n) is 17.3. The van der Waals surface area contributed by atoms with Crippen molar-refractivity contribution >= 4 is 27.8 Å². The van der Waals surface area contributed by atoms with Gasteiger partial charge in [-0.1, -0.05) is 0 Å². The summed E-state index contributed by atoms with van der Waals surface area (Å²) in [5.74, 6) is -5.34. The van der Waals surface area contributed by atoms with Crippen LogP contribution in [0.5, 0.6) is 0 Å². The predicted octanol–water partition coefficient (Wildman–Crippen LogP) is 2.42. The van der Waals surface area contributed by atoms with E-state index in [0.29, 0.717) is 6.07 Å². The van der Waals surface area contributed by atoms with Gasteiger partial charge < -0.3 is 4.90 Å². The van der Waals surface area contributed by atoms with Crippen molar-refractivity contribution in [3.05, 3.63) is 47.5 Å². The summed E-state index contributed by atoms with van der Waals surface area (Å²) in [4.78, 5) is 22.2. The van der Waals surface area contributed by atoms with Gasteiger partial charge in [-0.15, -0.1) is 0 Å². The summed E-state index contributed by atoms with van der Waals surface area (Å²) in [5, 5.41) is 4.56. The van der Waals surface area contributed by atoms with E-state index in [-0.39, 0.29) is 42.3 Å². The number of hydrogen-bond donors (Lipinski definition) is 0. The number of anilines is 1. The Kier molecular flexibility index (Phi) is 6.08. The number of carbonyl (C=O) groups excluding carboxylic acids is 1.